The fraction of sp³-hybridized carbons (Fsp3) is 0.821. The molecule has 0 aromatic carbocycles. The predicted octanol–water partition coefficient (Wildman–Crippen LogP) is 7.03. The van der Waals surface area contributed by atoms with E-state index >= 15 is 0 Å². The molecule has 0 radical (unpaired) electrons. The Bertz CT molecular complexity index is 845. The Morgan fingerprint density at radius 3 is 1.73 bits per heavy atom. The lowest BCUT2D eigenvalue weighted by Crippen LogP contribution is -2.54. The minimum atomic E-state index is 0. The maximum Gasteiger partial charge on any atom is 0.166 e. The van der Waals surface area contributed by atoms with Gasteiger partial charge in [-0.3, -0.25) is 15.3 Å². The number of halogens is 1. The van der Waals surface area contributed by atoms with Crippen molar-refractivity contribution in [2.75, 3.05) is 5.48 Å². The van der Waals surface area contributed by atoms with E-state index in [1.165, 1.54) is 77.0 Å². The van der Waals surface area contributed by atoms with Crippen molar-refractivity contribution in [3.05, 3.63) is 17.5 Å². The quantitative estimate of drug-likeness (QED) is 0.451. The van der Waals surface area contributed by atoms with Crippen LogP contribution in [0.5, 0.6) is 5.75 Å². The van der Waals surface area contributed by atoms with Gasteiger partial charge >= 0.3 is 0 Å². The van der Waals surface area contributed by atoms with E-state index in [-0.39, 0.29) is 23.6 Å². The minimum absolute atomic E-state index is 0. The molecule has 0 atom stereocenters. The number of nitrogens with zero attached hydrogens (tertiary/aromatic N) is 1. The first-order valence-electron chi connectivity index (χ1n) is 13.6. The number of pyridine rings is 1. The van der Waals surface area contributed by atoms with Gasteiger partial charge < -0.3 is 4.74 Å². The van der Waals surface area contributed by atoms with Crippen LogP contribution < -0.4 is 10.2 Å². The lowest BCUT2D eigenvalue weighted by Gasteiger charge is -2.56. The molecule has 8 bridgehead atoms. The van der Waals surface area contributed by atoms with Crippen LogP contribution in [0.1, 0.15) is 95.4 Å². The van der Waals surface area contributed by atoms with Gasteiger partial charge in [-0.05, 0) is 132 Å². The Balaban J connectivity index is 0.00000206. The Kier molecular flexibility index (Phi) is 5.46. The zero-order valence-corrected chi connectivity index (χ0v) is 21.2. The molecule has 4 nitrogen and oxygen atoms in total. The summed E-state index contributed by atoms with van der Waals surface area (Å²) >= 11 is 0. The molecule has 9 rings (SSSR count). The van der Waals surface area contributed by atoms with Gasteiger partial charge in [-0.25, -0.2) is 0 Å². The van der Waals surface area contributed by atoms with Crippen molar-refractivity contribution >= 4 is 18.1 Å². The van der Waals surface area contributed by atoms with Crippen LogP contribution in [0.25, 0.3) is 0 Å². The van der Waals surface area contributed by atoms with Gasteiger partial charge in [-0.1, -0.05) is 6.92 Å². The number of rotatable bonds is 6. The van der Waals surface area contributed by atoms with Crippen LogP contribution >= 0.6 is 12.4 Å². The van der Waals surface area contributed by atoms with Crippen molar-refractivity contribution in [1.29, 1.82) is 0 Å². The number of ether oxygens (including phenoxy) is 1. The third-order valence-corrected chi connectivity index (χ3v) is 10.2. The molecule has 0 saturated heterocycles. The molecule has 1 aromatic rings. The first-order valence-corrected chi connectivity index (χ1v) is 13.6. The molecule has 8 saturated carbocycles. The Morgan fingerprint density at radius 2 is 1.27 bits per heavy atom. The zero-order chi connectivity index (χ0) is 21.5. The molecule has 1 N–H and O–H groups in total. The summed E-state index contributed by atoms with van der Waals surface area (Å²) in [5.74, 6) is 6.28. The average molecular weight is 473 g/mol. The zero-order valence-electron chi connectivity index (χ0n) is 20.4. The molecular weight excluding hydrogens is 432 g/mol. The van der Waals surface area contributed by atoms with Crippen molar-refractivity contribution < 1.29 is 9.57 Å². The molecule has 8 aliphatic rings. The molecular formula is C28H41ClN2O2. The van der Waals surface area contributed by atoms with E-state index in [4.69, 9.17) is 14.6 Å². The van der Waals surface area contributed by atoms with Gasteiger partial charge in [-0.2, -0.15) is 0 Å². The van der Waals surface area contributed by atoms with E-state index in [9.17, 15) is 0 Å². The number of hydrogen-bond donors (Lipinski definition) is 1. The van der Waals surface area contributed by atoms with Gasteiger partial charge in [0.05, 0.1) is 11.3 Å². The summed E-state index contributed by atoms with van der Waals surface area (Å²) in [4.78, 5) is 11.6. The van der Waals surface area contributed by atoms with Crippen LogP contribution in [0.3, 0.4) is 0 Å². The van der Waals surface area contributed by atoms with E-state index in [0.717, 1.165) is 64.8 Å². The molecule has 33 heavy (non-hydrogen) atoms. The van der Waals surface area contributed by atoms with E-state index in [0.29, 0.717) is 0 Å². The third kappa shape index (κ3) is 3.88. The molecule has 0 aliphatic heterocycles. The van der Waals surface area contributed by atoms with Gasteiger partial charge in [0.2, 0.25) is 0 Å². The maximum absolute atomic E-state index is 7.09. The molecule has 8 fully saturated rings. The summed E-state index contributed by atoms with van der Waals surface area (Å²) in [6.45, 7) is 4.31. The minimum Gasteiger partial charge on any atom is -0.483 e. The van der Waals surface area contributed by atoms with Crippen LogP contribution in [0.15, 0.2) is 6.07 Å². The van der Waals surface area contributed by atoms with Gasteiger partial charge in [0.1, 0.15) is 11.3 Å². The number of hydrogen-bond acceptors (Lipinski definition) is 4. The molecule has 1 heterocycles. The summed E-state index contributed by atoms with van der Waals surface area (Å²) in [5.41, 5.74) is 6.75. The highest BCUT2D eigenvalue weighted by Crippen LogP contribution is 2.59. The van der Waals surface area contributed by atoms with Gasteiger partial charge in [0.15, 0.2) is 5.75 Å². The Labute approximate surface area is 205 Å². The molecule has 0 spiro atoms. The summed E-state index contributed by atoms with van der Waals surface area (Å²) in [6, 6.07) is 2.16. The topological polar surface area (TPSA) is 43.4 Å². The first kappa shape index (κ1) is 22.5. The highest BCUT2D eigenvalue weighted by molar-refractivity contribution is 5.85. The molecule has 0 unspecified atom stereocenters. The van der Waals surface area contributed by atoms with Crippen LogP contribution in [0.2, 0.25) is 0 Å². The van der Waals surface area contributed by atoms with E-state index in [1.54, 1.807) is 0 Å². The standard InChI is InChI=1S/C28H40N2O2.ClH/c1-3-24-26(31-27-11-18-5-19(12-27)7-20(6-18)13-27)25(4-17(2)29-24)30-32-28-14-21-8-22(15-28)10-23(9-21)16-28;/h4,18-23H,3,5-16H2,1-2H3,(H,29,30);1H. The summed E-state index contributed by atoms with van der Waals surface area (Å²) in [6.07, 6.45) is 17.0. The lowest BCUT2D eigenvalue weighted by atomic mass is 9.54. The van der Waals surface area contributed by atoms with Crippen LogP contribution in [0, 0.1) is 42.4 Å². The summed E-state index contributed by atoms with van der Waals surface area (Å²) in [5, 5.41) is 0. The fourth-order valence-electron chi connectivity index (χ4n) is 9.85. The summed E-state index contributed by atoms with van der Waals surface area (Å²) < 4.78 is 7.09. The van der Waals surface area contributed by atoms with Crippen molar-refractivity contribution in [2.24, 2.45) is 35.5 Å². The highest BCUT2D eigenvalue weighted by atomic mass is 35.5. The molecule has 8 aliphatic carbocycles. The Morgan fingerprint density at radius 1 is 0.818 bits per heavy atom. The monoisotopic (exact) mass is 472 g/mol. The SMILES string of the molecule is CCc1nc(C)cc(NOC23CC4CC(CC(C4)C2)C3)c1OC12CC3CC(CC(C3)C1)C2.Cl. The van der Waals surface area contributed by atoms with Gasteiger partial charge in [0.25, 0.3) is 0 Å². The molecule has 5 heteroatoms. The second-order valence-corrected chi connectivity index (χ2v) is 12.9. The number of aryl methyl sites for hydroxylation is 2. The maximum atomic E-state index is 7.09. The van der Waals surface area contributed by atoms with Gasteiger partial charge in [0, 0.05) is 5.69 Å². The third-order valence-electron chi connectivity index (χ3n) is 10.2. The molecule has 0 amide bonds. The lowest BCUT2D eigenvalue weighted by molar-refractivity contribution is -0.146. The number of aromatic nitrogens is 1. The van der Waals surface area contributed by atoms with Gasteiger partial charge in [-0.15, -0.1) is 12.4 Å². The highest BCUT2D eigenvalue weighted by Gasteiger charge is 2.54. The second kappa shape index (κ2) is 8.01. The largest absolute Gasteiger partial charge is 0.483 e. The number of anilines is 1. The van der Waals surface area contributed by atoms with Crippen molar-refractivity contribution in [2.45, 2.75) is 109 Å². The fourth-order valence-corrected chi connectivity index (χ4v) is 9.85. The smallest absolute Gasteiger partial charge is 0.166 e. The van der Waals surface area contributed by atoms with E-state index in [2.05, 4.69) is 25.4 Å². The normalized spacial score (nSPS) is 44.1. The molecule has 1 aromatic heterocycles. The Hall–Kier alpha value is -1.00. The van der Waals surface area contributed by atoms with Crippen LogP contribution in [-0.2, 0) is 11.3 Å². The van der Waals surface area contributed by atoms with Crippen molar-refractivity contribution in [3.63, 3.8) is 0 Å². The van der Waals surface area contributed by atoms with E-state index in [1.807, 2.05) is 0 Å². The number of nitrogens with one attached hydrogen (secondary N) is 1. The summed E-state index contributed by atoms with van der Waals surface area (Å²) in [7, 11) is 0. The second-order valence-electron chi connectivity index (χ2n) is 12.9. The van der Waals surface area contributed by atoms with Crippen LogP contribution in [-0.4, -0.2) is 16.2 Å². The van der Waals surface area contributed by atoms with E-state index < -0.39 is 0 Å². The molecule has 182 valence electrons. The van der Waals surface area contributed by atoms with Crippen LogP contribution in [0.4, 0.5) is 5.69 Å². The predicted molar refractivity (Wildman–Crippen MR) is 133 cm³/mol. The van der Waals surface area contributed by atoms with Crippen molar-refractivity contribution in [1.82, 2.24) is 4.98 Å². The van der Waals surface area contributed by atoms with Crippen molar-refractivity contribution in [3.8, 4) is 5.75 Å². The average Bonchev–Trinajstić information content (AvgIpc) is 2.71. The first-order chi connectivity index (χ1) is 15.5.